The van der Waals surface area contributed by atoms with E-state index in [1.54, 1.807) is 37.3 Å². The number of aromatic nitrogens is 2. The fraction of sp³-hybridized carbons (Fsp3) is 0.143. The molecular formula is C14H13N3O3. The fourth-order valence-electron chi connectivity index (χ4n) is 1.66. The highest BCUT2D eigenvalue weighted by molar-refractivity contribution is 5.96. The maximum absolute atomic E-state index is 12.0. The van der Waals surface area contributed by atoms with Gasteiger partial charge in [0.2, 0.25) is 0 Å². The molecule has 0 saturated carbocycles. The number of carboxylic acids is 1. The molecule has 1 aromatic heterocycles. The molecular weight excluding hydrogens is 258 g/mol. The smallest absolute Gasteiger partial charge is 0.330 e. The van der Waals surface area contributed by atoms with Crippen molar-refractivity contribution in [2.75, 3.05) is 0 Å². The highest BCUT2D eigenvalue weighted by atomic mass is 16.4. The van der Waals surface area contributed by atoms with Gasteiger partial charge in [0.05, 0.1) is 5.56 Å². The van der Waals surface area contributed by atoms with Gasteiger partial charge in [-0.3, -0.25) is 4.79 Å². The minimum Gasteiger partial charge on any atom is -0.479 e. The van der Waals surface area contributed by atoms with E-state index in [9.17, 15) is 14.7 Å². The molecule has 6 nitrogen and oxygen atoms in total. The van der Waals surface area contributed by atoms with E-state index in [1.165, 1.54) is 12.4 Å². The quantitative estimate of drug-likeness (QED) is 0.875. The molecule has 1 amide bonds. The number of carbonyl (C=O) groups excluding carboxylic acids is 1. The van der Waals surface area contributed by atoms with Crippen LogP contribution in [0.1, 0.15) is 27.8 Å². The molecule has 20 heavy (non-hydrogen) atoms. The van der Waals surface area contributed by atoms with Crippen LogP contribution >= 0.6 is 0 Å². The van der Waals surface area contributed by atoms with Gasteiger partial charge in [-0.2, -0.15) is 0 Å². The Hall–Kier alpha value is -2.76. The van der Waals surface area contributed by atoms with E-state index in [1.807, 2.05) is 0 Å². The molecule has 2 N–H and O–H groups in total. The summed E-state index contributed by atoms with van der Waals surface area (Å²) in [5.74, 6) is -1.11. The molecule has 2 aromatic rings. The van der Waals surface area contributed by atoms with Crippen LogP contribution in [0.5, 0.6) is 0 Å². The van der Waals surface area contributed by atoms with E-state index in [0.717, 1.165) is 0 Å². The van der Waals surface area contributed by atoms with Gasteiger partial charge in [-0.25, -0.2) is 14.8 Å². The van der Waals surface area contributed by atoms with E-state index in [0.29, 0.717) is 11.4 Å². The zero-order valence-electron chi connectivity index (χ0n) is 10.8. The van der Waals surface area contributed by atoms with Gasteiger partial charge in [0.25, 0.3) is 5.91 Å². The normalized spacial score (nSPS) is 11.7. The number of carboxylic acid groups (broad SMARTS) is 1. The van der Waals surface area contributed by atoms with Crippen molar-refractivity contribution in [1.29, 1.82) is 0 Å². The summed E-state index contributed by atoms with van der Waals surface area (Å²) in [5.41, 5.74) is 0.721. The van der Waals surface area contributed by atoms with Crippen LogP contribution in [-0.2, 0) is 4.79 Å². The average molecular weight is 271 g/mol. The number of hydrogen-bond acceptors (Lipinski definition) is 4. The summed E-state index contributed by atoms with van der Waals surface area (Å²) in [7, 11) is 0. The Kier molecular flexibility index (Phi) is 4.05. The van der Waals surface area contributed by atoms with Crippen LogP contribution in [-0.4, -0.2) is 27.0 Å². The van der Waals surface area contributed by atoms with Gasteiger partial charge in [-0.15, -0.1) is 0 Å². The third-order valence-corrected chi connectivity index (χ3v) is 2.70. The summed E-state index contributed by atoms with van der Waals surface area (Å²) in [6, 6.07) is 7.39. The first-order valence-corrected chi connectivity index (χ1v) is 5.95. The number of nitrogens with one attached hydrogen (secondary N) is 1. The SMILES string of the molecule is Cc1ncc(C(=O)NC(C(=O)O)c2ccccc2)cn1. The van der Waals surface area contributed by atoms with Crippen LogP contribution in [0.4, 0.5) is 0 Å². The highest BCUT2D eigenvalue weighted by Gasteiger charge is 2.22. The monoisotopic (exact) mass is 271 g/mol. The predicted octanol–water partition coefficient (Wildman–Crippen LogP) is 1.34. The standard InChI is InChI=1S/C14H13N3O3/c1-9-15-7-11(8-16-9)13(18)17-12(14(19)20)10-5-3-2-4-6-10/h2-8,12H,1H3,(H,17,18)(H,19,20). The van der Waals surface area contributed by atoms with Crippen molar-refractivity contribution in [3.05, 3.63) is 59.7 Å². The number of amides is 1. The molecule has 6 heteroatoms. The topological polar surface area (TPSA) is 92.2 Å². The molecule has 0 bridgehead atoms. The lowest BCUT2D eigenvalue weighted by atomic mass is 10.1. The number of carbonyl (C=O) groups is 2. The first kappa shape index (κ1) is 13.7. The van der Waals surface area contributed by atoms with E-state index in [2.05, 4.69) is 15.3 Å². The van der Waals surface area contributed by atoms with Crippen molar-refractivity contribution in [3.63, 3.8) is 0 Å². The highest BCUT2D eigenvalue weighted by Crippen LogP contribution is 2.13. The fourth-order valence-corrected chi connectivity index (χ4v) is 1.66. The number of nitrogens with zero attached hydrogens (tertiary/aromatic N) is 2. The van der Waals surface area contributed by atoms with Gasteiger partial charge in [-0.1, -0.05) is 30.3 Å². The summed E-state index contributed by atoms with van der Waals surface area (Å²) in [5, 5.41) is 11.7. The van der Waals surface area contributed by atoms with Crippen LogP contribution in [0.2, 0.25) is 0 Å². The van der Waals surface area contributed by atoms with Crippen molar-refractivity contribution in [1.82, 2.24) is 15.3 Å². The number of aryl methyl sites for hydroxylation is 1. The molecule has 1 atom stereocenters. The average Bonchev–Trinajstić information content (AvgIpc) is 2.46. The number of benzene rings is 1. The number of hydrogen-bond donors (Lipinski definition) is 2. The summed E-state index contributed by atoms with van der Waals surface area (Å²) in [6.45, 7) is 1.70. The summed E-state index contributed by atoms with van der Waals surface area (Å²) in [4.78, 5) is 31.1. The van der Waals surface area contributed by atoms with Gasteiger partial charge >= 0.3 is 5.97 Å². The second-order valence-corrected chi connectivity index (χ2v) is 4.17. The minimum absolute atomic E-state index is 0.220. The lowest BCUT2D eigenvalue weighted by Crippen LogP contribution is -2.33. The molecule has 0 aliphatic rings. The van der Waals surface area contributed by atoms with Crippen molar-refractivity contribution in [3.8, 4) is 0 Å². The lowest BCUT2D eigenvalue weighted by molar-refractivity contribution is -0.139. The van der Waals surface area contributed by atoms with Crippen molar-refractivity contribution in [2.24, 2.45) is 0 Å². The lowest BCUT2D eigenvalue weighted by Gasteiger charge is -2.14. The van der Waals surface area contributed by atoms with E-state index in [-0.39, 0.29) is 5.56 Å². The second-order valence-electron chi connectivity index (χ2n) is 4.17. The Bertz CT molecular complexity index is 611. The predicted molar refractivity (Wildman–Crippen MR) is 71.1 cm³/mol. The van der Waals surface area contributed by atoms with Gasteiger partial charge in [0, 0.05) is 12.4 Å². The van der Waals surface area contributed by atoms with Gasteiger partial charge in [-0.05, 0) is 12.5 Å². The van der Waals surface area contributed by atoms with Crippen molar-refractivity contribution >= 4 is 11.9 Å². The summed E-state index contributed by atoms with van der Waals surface area (Å²) < 4.78 is 0. The summed E-state index contributed by atoms with van der Waals surface area (Å²) in [6.07, 6.45) is 2.73. The van der Waals surface area contributed by atoms with E-state index < -0.39 is 17.9 Å². The maximum Gasteiger partial charge on any atom is 0.330 e. The Balaban J connectivity index is 2.19. The molecule has 0 saturated heterocycles. The molecule has 0 fully saturated rings. The van der Waals surface area contributed by atoms with Gasteiger partial charge in [0.1, 0.15) is 5.82 Å². The van der Waals surface area contributed by atoms with Crippen LogP contribution < -0.4 is 5.32 Å². The second kappa shape index (κ2) is 5.92. The van der Waals surface area contributed by atoms with Crippen LogP contribution in [0.15, 0.2) is 42.7 Å². The molecule has 2 rings (SSSR count). The molecule has 1 heterocycles. The Labute approximate surface area is 115 Å². The zero-order chi connectivity index (χ0) is 14.5. The number of aliphatic carboxylic acids is 1. The van der Waals surface area contributed by atoms with Crippen LogP contribution in [0.25, 0.3) is 0 Å². The third-order valence-electron chi connectivity index (χ3n) is 2.70. The van der Waals surface area contributed by atoms with Crippen LogP contribution in [0.3, 0.4) is 0 Å². The van der Waals surface area contributed by atoms with Crippen molar-refractivity contribution in [2.45, 2.75) is 13.0 Å². The molecule has 0 spiro atoms. The molecule has 0 aliphatic heterocycles. The minimum atomic E-state index is -1.13. The van der Waals surface area contributed by atoms with Gasteiger partial charge < -0.3 is 10.4 Å². The van der Waals surface area contributed by atoms with Crippen molar-refractivity contribution < 1.29 is 14.7 Å². The molecule has 0 radical (unpaired) electrons. The maximum atomic E-state index is 12.0. The largest absolute Gasteiger partial charge is 0.479 e. The zero-order valence-corrected chi connectivity index (χ0v) is 10.8. The van der Waals surface area contributed by atoms with Gasteiger partial charge in [0.15, 0.2) is 6.04 Å². The molecule has 1 unspecified atom stereocenters. The third kappa shape index (κ3) is 3.17. The van der Waals surface area contributed by atoms with Crippen LogP contribution in [0, 0.1) is 6.92 Å². The first-order chi connectivity index (χ1) is 9.58. The summed E-state index contributed by atoms with van der Waals surface area (Å²) >= 11 is 0. The molecule has 0 aliphatic carbocycles. The Morgan fingerprint density at radius 3 is 2.30 bits per heavy atom. The first-order valence-electron chi connectivity index (χ1n) is 5.95. The van der Waals surface area contributed by atoms with E-state index >= 15 is 0 Å². The Morgan fingerprint density at radius 1 is 1.15 bits per heavy atom. The molecule has 102 valence electrons. The Morgan fingerprint density at radius 2 is 1.75 bits per heavy atom. The molecule has 1 aromatic carbocycles. The number of rotatable bonds is 4. The van der Waals surface area contributed by atoms with E-state index in [4.69, 9.17) is 0 Å².